The van der Waals surface area contributed by atoms with E-state index in [-0.39, 0.29) is 11.4 Å². The van der Waals surface area contributed by atoms with E-state index in [2.05, 4.69) is 5.32 Å². The summed E-state index contributed by atoms with van der Waals surface area (Å²) in [6.07, 6.45) is 0. The maximum absolute atomic E-state index is 10.7. The zero-order chi connectivity index (χ0) is 14.5. The van der Waals surface area contributed by atoms with Crippen LogP contribution in [0.4, 0.5) is 17.1 Å². The van der Waals surface area contributed by atoms with Gasteiger partial charge in [-0.2, -0.15) is 0 Å². The van der Waals surface area contributed by atoms with Gasteiger partial charge in [-0.25, -0.2) is 0 Å². The fourth-order valence-corrected chi connectivity index (χ4v) is 1.96. The molecule has 6 nitrogen and oxygen atoms in total. The molecule has 104 valence electrons. The van der Waals surface area contributed by atoms with Crippen LogP contribution in [0.3, 0.4) is 0 Å². The van der Waals surface area contributed by atoms with Crippen LogP contribution < -0.4 is 16.8 Å². The molecule has 0 bridgehead atoms. The molecule has 0 aliphatic carbocycles. The lowest BCUT2D eigenvalue weighted by atomic mass is 10.1. The average molecular weight is 272 g/mol. The van der Waals surface area contributed by atoms with Crippen molar-refractivity contribution in [2.75, 3.05) is 11.1 Å². The summed E-state index contributed by atoms with van der Waals surface area (Å²) in [7, 11) is 0. The third-order valence-corrected chi connectivity index (χ3v) is 3.05. The highest BCUT2D eigenvalue weighted by atomic mass is 16.6. The van der Waals surface area contributed by atoms with Gasteiger partial charge in [0.25, 0.3) is 5.69 Å². The number of hydrogen-bond acceptors (Lipinski definition) is 5. The predicted octanol–water partition coefficient (Wildman–Crippen LogP) is 2.25. The van der Waals surface area contributed by atoms with Crippen molar-refractivity contribution < 1.29 is 4.92 Å². The minimum absolute atomic E-state index is 0.0853. The van der Waals surface area contributed by atoms with Crippen molar-refractivity contribution in [2.24, 2.45) is 5.73 Å². The van der Waals surface area contributed by atoms with Crippen LogP contribution >= 0.6 is 0 Å². The quantitative estimate of drug-likeness (QED) is 0.439. The van der Waals surface area contributed by atoms with Gasteiger partial charge in [0.2, 0.25) is 0 Å². The number of benzene rings is 2. The number of anilines is 2. The fourth-order valence-electron chi connectivity index (χ4n) is 1.96. The van der Waals surface area contributed by atoms with Crippen molar-refractivity contribution in [3.8, 4) is 0 Å². The summed E-state index contributed by atoms with van der Waals surface area (Å²) >= 11 is 0. The minimum Gasteiger partial charge on any atom is -0.393 e. The van der Waals surface area contributed by atoms with Crippen LogP contribution in [0.5, 0.6) is 0 Å². The van der Waals surface area contributed by atoms with Crippen LogP contribution in [-0.4, -0.2) is 4.92 Å². The number of nitrogens with zero attached hydrogens (tertiary/aromatic N) is 1. The van der Waals surface area contributed by atoms with Gasteiger partial charge in [-0.05, 0) is 23.3 Å². The summed E-state index contributed by atoms with van der Waals surface area (Å²) in [4.78, 5) is 10.2. The molecule has 0 aromatic heterocycles. The van der Waals surface area contributed by atoms with E-state index in [9.17, 15) is 10.1 Å². The van der Waals surface area contributed by atoms with Gasteiger partial charge in [-0.1, -0.05) is 24.3 Å². The molecular formula is C14H16N4O2. The van der Waals surface area contributed by atoms with Gasteiger partial charge in [0.05, 0.1) is 4.92 Å². The Morgan fingerprint density at radius 1 is 1.15 bits per heavy atom. The molecule has 0 saturated heterocycles. The van der Waals surface area contributed by atoms with E-state index in [0.29, 0.717) is 13.1 Å². The zero-order valence-corrected chi connectivity index (χ0v) is 10.9. The Balaban J connectivity index is 2.11. The van der Waals surface area contributed by atoms with Gasteiger partial charge >= 0.3 is 0 Å². The Morgan fingerprint density at radius 3 is 2.45 bits per heavy atom. The van der Waals surface area contributed by atoms with Crippen LogP contribution in [0.15, 0.2) is 42.5 Å². The van der Waals surface area contributed by atoms with Gasteiger partial charge < -0.3 is 16.8 Å². The SMILES string of the molecule is NCc1ccccc1CNc1ccc([N+](=O)[O-])c(N)c1. The highest BCUT2D eigenvalue weighted by Gasteiger charge is 2.11. The molecule has 0 spiro atoms. The van der Waals surface area contributed by atoms with Crippen molar-refractivity contribution in [3.05, 3.63) is 63.7 Å². The molecule has 2 aromatic rings. The molecule has 0 heterocycles. The summed E-state index contributed by atoms with van der Waals surface area (Å²) in [6.45, 7) is 1.06. The van der Waals surface area contributed by atoms with Crippen molar-refractivity contribution in [1.29, 1.82) is 0 Å². The summed E-state index contributed by atoms with van der Waals surface area (Å²) < 4.78 is 0. The molecule has 0 radical (unpaired) electrons. The smallest absolute Gasteiger partial charge is 0.292 e. The maximum atomic E-state index is 10.7. The molecule has 0 saturated carbocycles. The summed E-state index contributed by atoms with van der Waals surface area (Å²) in [6, 6.07) is 12.4. The highest BCUT2D eigenvalue weighted by molar-refractivity contribution is 5.65. The second kappa shape index (κ2) is 6.03. The van der Waals surface area contributed by atoms with E-state index in [1.807, 2.05) is 24.3 Å². The first kappa shape index (κ1) is 13.8. The molecule has 0 atom stereocenters. The molecule has 0 aliphatic rings. The molecule has 6 heteroatoms. The Labute approximate surface area is 116 Å². The van der Waals surface area contributed by atoms with E-state index in [0.717, 1.165) is 16.8 Å². The minimum atomic E-state index is -0.497. The monoisotopic (exact) mass is 272 g/mol. The second-order valence-corrected chi connectivity index (χ2v) is 4.36. The average Bonchev–Trinajstić information content (AvgIpc) is 2.45. The van der Waals surface area contributed by atoms with E-state index in [1.165, 1.54) is 6.07 Å². The zero-order valence-electron chi connectivity index (χ0n) is 10.9. The topological polar surface area (TPSA) is 107 Å². The van der Waals surface area contributed by atoms with Gasteiger partial charge in [-0.15, -0.1) is 0 Å². The molecule has 20 heavy (non-hydrogen) atoms. The van der Waals surface area contributed by atoms with Crippen molar-refractivity contribution in [1.82, 2.24) is 0 Å². The fraction of sp³-hybridized carbons (Fsp3) is 0.143. The first-order valence-electron chi connectivity index (χ1n) is 6.16. The summed E-state index contributed by atoms with van der Waals surface area (Å²) in [5.74, 6) is 0. The molecule has 5 N–H and O–H groups in total. The van der Waals surface area contributed by atoms with E-state index in [4.69, 9.17) is 11.5 Å². The number of nitrogen functional groups attached to an aromatic ring is 1. The molecule has 2 rings (SSSR count). The first-order chi connectivity index (χ1) is 9.61. The van der Waals surface area contributed by atoms with Crippen molar-refractivity contribution >= 4 is 17.1 Å². The summed E-state index contributed by atoms with van der Waals surface area (Å²) in [5, 5.41) is 13.9. The maximum Gasteiger partial charge on any atom is 0.292 e. The van der Waals surface area contributed by atoms with Crippen LogP contribution in [0.2, 0.25) is 0 Å². The molecule has 0 fully saturated rings. The number of nitrogens with two attached hydrogens (primary N) is 2. The number of nitro groups is 1. The van der Waals surface area contributed by atoms with E-state index < -0.39 is 4.92 Å². The molecular weight excluding hydrogens is 256 g/mol. The lowest BCUT2D eigenvalue weighted by Gasteiger charge is -2.10. The van der Waals surface area contributed by atoms with Gasteiger partial charge in [0.15, 0.2) is 0 Å². The van der Waals surface area contributed by atoms with Gasteiger partial charge in [0, 0.05) is 24.8 Å². The number of hydrogen-bond donors (Lipinski definition) is 3. The Hall–Kier alpha value is -2.60. The van der Waals surface area contributed by atoms with Crippen molar-refractivity contribution in [2.45, 2.75) is 13.1 Å². The molecule has 0 amide bonds. The Morgan fingerprint density at radius 2 is 1.85 bits per heavy atom. The normalized spacial score (nSPS) is 10.2. The van der Waals surface area contributed by atoms with E-state index in [1.54, 1.807) is 12.1 Å². The third-order valence-electron chi connectivity index (χ3n) is 3.05. The van der Waals surface area contributed by atoms with E-state index >= 15 is 0 Å². The molecule has 0 unspecified atom stereocenters. The first-order valence-corrected chi connectivity index (χ1v) is 6.16. The molecule has 0 aliphatic heterocycles. The van der Waals surface area contributed by atoms with Crippen molar-refractivity contribution in [3.63, 3.8) is 0 Å². The van der Waals surface area contributed by atoms with Gasteiger partial charge in [0.1, 0.15) is 5.69 Å². The van der Waals surface area contributed by atoms with Crippen LogP contribution in [-0.2, 0) is 13.1 Å². The third kappa shape index (κ3) is 3.04. The Kier molecular flexibility index (Phi) is 4.17. The lowest BCUT2D eigenvalue weighted by molar-refractivity contribution is -0.383. The summed E-state index contributed by atoms with van der Waals surface area (Å²) in [5.41, 5.74) is 14.3. The second-order valence-electron chi connectivity index (χ2n) is 4.36. The highest BCUT2D eigenvalue weighted by Crippen LogP contribution is 2.25. The number of nitro benzene ring substituents is 1. The van der Waals surface area contributed by atoms with Crippen LogP contribution in [0.25, 0.3) is 0 Å². The Bertz CT molecular complexity index is 628. The predicted molar refractivity (Wildman–Crippen MR) is 79.2 cm³/mol. The van der Waals surface area contributed by atoms with Gasteiger partial charge in [-0.3, -0.25) is 10.1 Å². The molecule has 2 aromatic carbocycles. The lowest BCUT2D eigenvalue weighted by Crippen LogP contribution is -2.06. The number of rotatable bonds is 5. The van der Waals surface area contributed by atoms with Crippen LogP contribution in [0, 0.1) is 10.1 Å². The van der Waals surface area contributed by atoms with Crippen LogP contribution in [0.1, 0.15) is 11.1 Å². The largest absolute Gasteiger partial charge is 0.393 e. The standard InChI is InChI=1S/C14H16N4O2/c15-8-10-3-1-2-4-11(10)9-17-12-5-6-14(18(19)20)13(16)7-12/h1-7,17H,8-9,15-16H2. The number of nitrogens with one attached hydrogen (secondary N) is 1.